The predicted octanol–water partition coefficient (Wildman–Crippen LogP) is 5.82. The van der Waals surface area contributed by atoms with Crippen molar-refractivity contribution < 1.29 is 0 Å². The monoisotopic (exact) mass is 299 g/mol. The predicted molar refractivity (Wildman–Crippen MR) is 96.3 cm³/mol. The molecule has 1 heterocycles. The molecule has 0 radical (unpaired) electrons. The maximum Gasteiger partial charge on any atom is 0.0279 e. The Bertz CT molecular complexity index is 584. The van der Waals surface area contributed by atoms with Crippen LogP contribution in [0.15, 0.2) is 5.57 Å². The highest BCUT2D eigenvalue weighted by Crippen LogP contribution is 2.41. The Hall–Kier alpha value is -0.980. The van der Waals surface area contributed by atoms with E-state index in [-0.39, 0.29) is 0 Å². The van der Waals surface area contributed by atoms with Gasteiger partial charge in [0, 0.05) is 17.4 Å². The number of nitrogens with zero attached hydrogens (tertiary/aromatic N) is 1. The maximum absolute atomic E-state index is 2.69. The van der Waals surface area contributed by atoms with E-state index in [9.17, 15) is 0 Å². The molecule has 0 saturated heterocycles. The van der Waals surface area contributed by atoms with Gasteiger partial charge in [-0.2, -0.15) is 0 Å². The molecule has 0 spiro atoms. The summed E-state index contributed by atoms with van der Waals surface area (Å²) in [4.78, 5) is 0. The average molecular weight is 300 g/mol. The highest BCUT2D eigenvalue weighted by Gasteiger charge is 2.31. The Morgan fingerprint density at radius 1 is 0.955 bits per heavy atom. The van der Waals surface area contributed by atoms with Crippen molar-refractivity contribution in [2.24, 2.45) is 17.8 Å². The first-order valence-electron chi connectivity index (χ1n) is 9.35. The van der Waals surface area contributed by atoms with Gasteiger partial charge in [-0.1, -0.05) is 39.3 Å². The van der Waals surface area contributed by atoms with Gasteiger partial charge in [0.2, 0.25) is 0 Å². The summed E-state index contributed by atoms with van der Waals surface area (Å²) in [7, 11) is 0. The smallest absolute Gasteiger partial charge is 0.0279 e. The summed E-state index contributed by atoms with van der Waals surface area (Å²) < 4.78 is 2.69. The van der Waals surface area contributed by atoms with Crippen LogP contribution in [0.4, 0.5) is 0 Å². The van der Waals surface area contributed by atoms with E-state index in [4.69, 9.17) is 0 Å². The average Bonchev–Trinajstić information content (AvgIpc) is 2.79. The van der Waals surface area contributed by atoms with E-state index in [0.29, 0.717) is 12.0 Å². The van der Waals surface area contributed by atoms with Crippen molar-refractivity contribution in [2.45, 2.75) is 79.7 Å². The number of fused-ring (bicyclic) bond motifs is 3. The van der Waals surface area contributed by atoms with Crippen molar-refractivity contribution in [1.29, 1.82) is 0 Å². The van der Waals surface area contributed by atoms with Crippen LogP contribution < -0.4 is 0 Å². The largest absolute Gasteiger partial charge is 0.345 e. The minimum Gasteiger partial charge on any atom is -0.345 e. The third kappa shape index (κ3) is 2.57. The SMILES string of the molecule is CC(C)C1=Cc2c3c(n(C(C)C)c2CC1)CCC(C(C)C)C3. The summed E-state index contributed by atoms with van der Waals surface area (Å²) in [5.41, 5.74) is 8.27. The molecule has 1 nitrogen and oxygen atoms in total. The van der Waals surface area contributed by atoms with Gasteiger partial charge in [-0.25, -0.2) is 0 Å². The number of allylic oxidation sites excluding steroid dienone is 1. The molecule has 0 N–H and O–H groups in total. The fraction of sp³-hybridized carbons (Fsp3) is 0.714. The molecule has 1 aromatic heterocycles. The molecular formula is C21H33N. The van der Waals surface area contributed by atoms with Crippen LogP contribution in [0.5, 0.6) is 0 Å². The van der Waals surface area contributed by atoms with Crippen LogP contribution in [0.25, 0.3) is 6.08 Å². The van der Waals surface area contributed by atoms with E-state index in [2.05, 4.69) is 52.2 Å². The van der Waals surface area contributed by atoms with Crippen LogP contribution in [0.1, 0.15) is 82.9 Å². The molecule has 1 unspecified atom stereocenters. The number of aromatic nitrogens is 1. The van der Waals surface area contributed by atoms with E-state index in [1.54, 1.807) is 28.1 Å². The molecule has 1 atom stereocenters. The molecule has 1 aromatic rings. The molecule has 0 saturated carbocycles. The van der Waals surface area contributed by atoms with Crippen LogP contribution in [0, 0.1) is 17.8 Å². The van der Waals surface area contributed by atoms with Crippen molar-refractivity contribution in [2.75, 3.05) is 0 Å². The van der Waals surface area contributed by atoms with Gasteiger partial charge >= 0.3 is 0 Å². The summed E-state index contributed by atoms with van der Waals surface area (Å²) in [5.74, 6) is 2.37. The van der Waals surface area contributed by atoms with Gasteiger partial charge < -0.3 is 4.57 Å². The van der Waals surface area contributed by atoms with Crippen LogP contribution >= 0.6 is 0 Å². The second-order valence-electron chi connectivity index (χ2n) is 8.37. The first kappa shape index (κ1) is 15.9. The Morgan fingerprint density at radius 3 is 2.27 bits per heavy atom. The summed E-state index contributed by atoms with van der Waals surface area (Å²) in [6, 6.07) is 0.599. The Labute approximate surface area is 136 Å². The molecule has 2 aliphatic carbocycles. The number of rotatable bonds is 3. The molecule has 122 valence electrons. The summed E-state index contributed by atoms with van der Waals surface area (Å²) in [5, 5.41) is 0. The highest BCUT2D eigenvalue weighted by molar-refractivity contribution is 5.65. The van der Waals surface area contributed by atoms with Gasteiger partial charge in [0.05, 0.1) is 0 Å². The zero-order valence-electron chi connectivity index (χ0n) is 15.4. The molecule has 1 heteroatoms. The van der Waals surface area contributed by atoms with Crippen molar-refractivity contribution >= 4 is 6.08 Å². The van der Waals surface area contributed by atoms with Gasteiger partial charge in [-0.3, -0.25) is 0 Å². The summed E-state index contributed by atoms with van der Waals surface area (Å²) in [6.45, 7) is 14.2. The minimum atomic E-state index is 0.599. The second kappa shape index (κ2) is 5.91. The first-order valence-corrected chi connectivity index (χ1v) is 9.35. The lowest BCUT2D eigenvalue weighted by Gasteiger charge is -2.28. The van der Waals surface area contributed by atoms with Crippen LogP contribution in [0.2, 0.25) is 0 Å². The van der Waals surface area contributed by atoms with Crippen LogP contribution in [0.3, 0.4) is 0 Å². The fourth-order valence-electron chi connectivity index (χ4n) is 4.55. The highest BCUT2D eigenvalue weighted by atomic mass is 15.0. The molecule has 0 fully saturated rings. The van der Waals surface area contributed by atoms with Gasteiger partial charge in [0.15, 0.2) is 0 Å². The molecule has 0 amide bonds. The van der Waals surface area contributed by atoms with Crippen molar-refractivity contribution in [3.63, 3.8) is 0 Å². The van der Waals surface area contributed by atoms with E-state index >= 15 is 0 Å². The first-order chi connectivity index (χ1) is 10.4. The lowest BCUT2D eigenvalue weighted by molar-refractivity contribution is 0.336. The molecular weight excluding hydrogens is 266 g/mol. The maximum atomic E-state index is 2.69. The third-order valence-electron chi connectivity index (χ3n) is 5.97. The van der Waals surface area contributed by atoms with Crippen LogP contribution in [-0.2, 0) is 19.3 Å². The van der Waals surface area contributed by atoms with E-state index < -0.39 is 0 Å². The lowest BCUT2D eigenvalue weighted by Crippen LogP contribution is -2.21. The normalized spacial score (nSPS) is 21.3. The zero-order chi connectivity index (χ0) is 16.0. The summed E-state index contributed by atoms with van der Waals surface area (Å²) in [6.07, 6.45) is 9.03. The lowest BCUT2D eigenvalue weighted by atomic mass is 9.78. The van der Waals surface area contributed by atoms with Gasteiger partial charge in [0.25, 0.3) is 0 Å². The van der Waals surface area contributed by atoms with Gasteiger partial charge in [0.1, 0.15) is 0 Å². The standard InChI is InChI=1S/C21H33N/c1-13(2)16-7-9-20-18(11-16)19-12-17(14(3)4)8-10-21(19)22(20)15(5)6/h11,13-15,17H,7-10,12H2,1-6H3. The molecule has 0 aliphatic heterocycles. The number of hydrogen-bond donors (Lipinski definition) is 0. The molecule has 3 rings (SSSR count). The second-order valence-corrected chi connectivity index (χ2v) is 8.37. The Morgan fingerprint density at radius 2 is 1.68 bits per heavy atom. The van der Waals surface area contributed by atoms with Crippen LogP contribution in [-0.4, -0.2) is 4.57 Å². The molecule has 0 aromatic carbocycles. The minimum absolute atomic E-state index is 0.599. The van der Waals surface area contributed by atoms with E-state index in [1.165, 1.54) is 32.1 Å². The Balaban J connectivity index is 2.11. The third-order valence-corrected chi connectivity index (χ3v) is 5.97. The Kier molecular flexibility index (Phi) is 4.27. The fourth-order valence-corrected chi connectivity index (χ4v) is 4.55. The van der Waals surface area contributed by atoms with E-state index in [1.807, 2.05) is 0 Å². The van der Waals surface area contributed by atoms with Crippen molar-refractivity contribution in [3.05, 3.63) is 28.1 Å². The summed E-state index contributed by atoms with van der Waals surface area (Å²) >= 11 is 0. The van der Waals surface area contributed by atoms with E-state index in [0.717, 1.165) is 11.8 Å². The topological polar surface area (TPSA) is 4.93 Å². The zero-order valence-corrected chi connectivity index (χ0v) is 15.4. The molecule has 22 heavy (non-hydrogen) atoms. The molecule has 0 bridgehead atoms. The van der Waals surface area contributed by atoms with Gasteiger partial charge in [-0.15, -0.1) is 0 Å². The quantitative estimate of drug-likeness (QED) is 0.663. The van der Waals surface area contributed by atoms with Gasteiger partial charge in [-0.05, 0) is 74.8 Å². The van der Waals surface area contributed by atoms with Crippen molar-refractivity contribution in [1.82, 2.24) is 4.57 Å². The number of hydrogen-bond acceptors (Lipinski definition) is 0. The van der Waals surface area contributed by atoms with Crippen molar-refractivity contribution in [3.8, 4) is 0 Å². The molecule has 2 aliphatic rings.